The van der Waals surface area contributed by atoms with Crippen LogP contribution >= 0.6 is 23.4 Å². The van der Waals surface area contributed by atoms with Gasteiger partial charge in [0, 0.05) is 23.7 Å². The lowest BCUT2D eigenvalue weighted by atomic mass is 10.2. The Bertz CT molecular complexity index is 1020. The van der Waals surface area contributed by atoms with Gasteiger partial charge in [0.05, 0.1) is 11.3 Å². The molecule has 0 spiro atoms. The SMILES string of the molecule is C=CCN1C(=O)C[C@H](C(=O)Nc2ccc(C(=O)O)cc2)SC1=Nc1cccc(Cl)c1. The van der Waals surface area contributed by atoms with Crippen molar-refractivity contribution in [2.24, 2.45) is 4.99 Å². The molecule has 0 unspecified atom stereocenters. The summed E-state index contributed by atoms with van der Waals surface area (Å²) in [6.07, 6.45) is 1.60. The third-order valence-corrected chi connectivity index (χ3v) is 5.60. The fraction of sp³-hybridized carbons (Fsp3) is 0.143. The summed E-state index contributed by atoms with van der Waals surface area (Å²) in [5.41, 5.74) is 1.13. The van der Waals surface area contributed by atoms with Gasteiger partial charge in [-0.25, -0.2) is 9.79 Å². The monoisotopic (exact) mass is 443 g/mol. The van der Waals surface area contributed by atoms with Gasteiger partial charge < -0.3 is 10.4 Å². The van der Waals surface area contributed by atoms with Crippen LogP contribution in [-0.4, -0.2) is 44.8 Å². The second-order valence-electron chi connectivity index (χ2n) is 6.35. The highest BCUT2D eigenvalue weighted by Crippen LogP contribution is 2.30. The van der Waals surface area contributed by atoms with E-state index < -0.39 is 11.2 Å². The largest absolute Gasteiger partial charge is 0.478 e. The summed E-state index contributed by atoms with van der Waals surface area (Å²) >= 11 is 7.19. The van der Waals surface area contributed by atoms with E-state index in [1.807, 2.05) is 0 Å². The summed E-state index contributed by atoms with van der Waals surface area (Å²) in [5, 5.41) is 11.9. The van der Waals surface area contributed by atoms with Crippen molar-refractivity contribution in [3.8, 4) is 0 Å². The second kappa shape index (κ2) is 9.60. The summed E-state index contributed by atoms with van der Waals surface area (Å²) in [6, 6.07) is 12.7. The number of aromatic carboxylic acids is 1. The van der Waals surface area contributed by atoms with Crippen LogP contribution in [0.15, 0.2) is 66.2 Å². The first-order valence-electron chi connectivity index (χ1n) is 8.94. The lowest BCUT2D eigenvalue weighted by Gasteiger charge is -2.31. The number of carbonyl (C=O) groups is 3. The molecular weight excluding hydrogens is 426 g/mol. The van der Waals surface area contributed by atoms with Crippen molar-refractivity contribution < 1.29 is 19.5 Å². The van der Waals surface area contributed by atoms with Gasteiger partial charge in [-0.1, -0.05) is 35.5 Å². The highest BCUT2D eigenvalue weighted by atomic mass is 35.5. The number of benzene rings is 2. The summed E-state index contributed by atoms with van der Waals surface area (Å²) in [4.78, 5) is 42.3. The van der Waals surface area contributed by atoms with Crippen molar-refractivity contribution in [2.45, 2.75) is 11.7 Å². The smallest absolute Gasteiger partial charge is 0.335 e. The topological polar surface area (TPSA) is 99.1 Å². The zero-order valence-electron chi connectivity index (χ0n) is 15.7. The fourth-order valence-corrected chi connectivity index (χ4v) is 4.02. The van der Waals surface area contributed by atoms with Crippen molar-refractivity contribution in [2.75, 3.05) is 11.9 Å². The van der Waals surface area contributed by atoms with Crippen LogP contribution in [0.5, 0.6) is 0 Å². The van der Waals surface area contributed by atoms with E-state index in [-0.39, 0.29) is 30.3 Å². The summed E-state index contributed by atoms with van der Waals surface area (Å²) < 4.78 is 0. The maximum absolute atomic E-state index is 12.7. The third kappa shape index (κ3) is 5.28. The predicted octanol–water partition coefficient (Wildman–Crippen LogP) is 4.18. The molecule has 2 aromatic rings. The van der Waals surface area contributed by atoms with Crippen LogP contribution in [0.2, 0.25) is 5.02 Å². The third-order valence-electron chi connectivity index (χ3n) is 4.18. The Morgan fingerprint density at radius 1 is 1.30 bits per heavy atom. The van der Waals surface area contributed by atoms with E-state index in [1.54, 1.807) is 30.3 Å². The molecule has 1 fully saturated rings. The van der Waals surface area contributed by atoms with Gasteiger partial charge in [-0.3, -0.25) is 14.5 Å². The van der Waals surface area contributed by atoms with Crippen LogP contribution in [0, 0.1) is 0 Å². The van der Waals surface area contributed by atoms with E-state index in [4.69, 9.17) is 16.7 Å². The van der Waals surface area contributed by atoms with Gasteiger partial charge in [-0.05, 0) is 42.5 Å². The lowest BCUT2D eigenvalue weighted by Crippen LogP contribution is -2.45. The molecule has 2 aromatic carbocycles. The minimum Gasteiger partial charge on any atom is -0.478 e. The highest BCUT2D eigenvalue weighted by molar-refractivity contribution is 8.15. The quantitative estimate of drug-likeness (QED) is 0.652. The number of nitrogens with zero attached hydrogens (tertiary/aromatic N) is 2. The molecule has 7 nitrogen and oxygen atoms in total. The number of amides is 2. The first-order valence-corrected chi connectivity index (χ1v) is 10.2. The molecular formula is C21H18ClN3O4S. The molecule has 9 heteroatoms. The average Bonchev–Trinajstić information content (AvgIpc) is 2.70. The molecule has 154 valence electrons. The molecule has 0 aromatic heterocycles. The van der Waals surface area contributed by atoms with Crippen LogP contribution in [0.3, 0.4) is 0 Å². The minimum absolute atomic E-state index is 0.00607. The van der Waals surface area contributed by atoms with Gasteiger partial charge in [0.25, 0.3) is 0 Å². The molecule has 0 aliphatic carbocycles. The van der Waals surface area contributed by atoms with Crippen molar-refractivity contribution in [3.05, 3.63) is 71.8 Å². The Balaban J connectivity index is 1.80. The number of amidine groups is 1. The van der Waals surface area contributed by atoms with E-state index in [0.29, 0.717) is 21.6 Å². The maximum atomic E-state index is 12.7. The van der Waals surface area contributed by atoms with Gasteiger partial charge in [0.15, 0.2) is 5.17 Å². The zero-order valence-corrected chi connectivity index (χ0v) is 17.3. The van der Waals surface area contributed by atoms with Gasteiger partial charge in [0.1, 0.15) is 5.25 Å². The first kappa shape index (κ1) is 21.6. The molecule has 0 radical (unpaired) electrons. The number of halogens is 1. The minimum atomic E-state index is -1.05. The van der Waals surface area contributed by atoms with Crippen molar-refractivity contribution in [1.29, 1.82) is 0 Å². The molecule has 0 bridgehead atoms. The number of thioether (sulfide) groups is 1. The van der Waals surface area contributed by atoms with Crippen LogP contribution < -0.4 is 5.32 Å². The lowest BCUT2D eigenvalue weighted by molar-refractivity contribution is -0.129. The highest BCUT2D eigenvalue weighted by Gasteiger charge is 2.35. The molecule has 1 aliphatic rings. The summed E-state index contributed by atoms with van der Waals surface area (Å²) in [6.45, 7) is 3.95. The molecule has 1 aliphatic heterocycles. The molecule has 0 saturated carbocycles. The van der Waals surface area contributed by atoms with Crippen LogP contribution in [0.1, 0.15) is 16.8 Å². The van der Waals surface area contributed by atoms with Gasteiger partial charge in [-0.2, -0.15) is 0 Å². The summed E-state index contributed by atoms with van der Waals surface area (Å²) in [5.74, 6) is -1.66. The molecule has 1 atom stereocenters. The number of hydrogen-bond acceptors (Lipinski definition) is 5. The van der Waals surface area contributed by atoms with Crippen LogP contribution in [0.4, 0.5) is 11.4 Å². The first-order chi connectivity index (χ1) is 14.4. The van der Waals surface area contributed by atoms with Crippen LogP contribution in [0.25, 0.3) is 0 Å². The normalized spacial score (nSPS) is 17.6. The number of carboxylic acids is 1. The number of hydrogen-bond donors (Lipinski definition) is 2. The van der Waals surface area contributed by atoms with E-state index in [0.717, 1.165) is 0 Å². The van der Waals surface area contributed by atoms with Gasteiger partial charge >= 0.3 is 5.97 Å². The van der Waals surface area contributed by atoms with Gasteiger partial charge in [-0.15, -0.1) is 6.58 Å². The average molecular weight is 444 g/mol. The van der Waals surface area contributed by atoms with E-state index >= 15 is 0 Å². The van der Waals surface area contributed by atoms with Crippen molar-refractivity contribution in [1.82, 2.24) is 4.90 Å². The number of rotatable bonds is 6. The van der Waals surface area contributed by atoms with E-state index in [1.165, 1.54) is 40.9 Å². The predicted molar refractivity (Wildman–Crippen MR) is 118 cm³/mol. The van der Waals surface area contributed by atoms with Crippen LogP contribution in [-0.2, 0) is 9.59 Å². The molecule has 1 saturated heterocycles. The summed E-state index contributed by atoms with van der Waals surface area (Å²) in [7, 11) is 0. The van der Waals surface area contributed by atoms with E-state index in [2.05, 4.69) is 16.9 Å². The number of aliphatic imine (C=N–C) groups is 1. The molecule has 3 rings (SSSR count). The van der Waals surface area contributed by atoms with Gasteiger partial charge in [0.2, 0.25) is 11.8 Å². The second-order valence-corrected chi connectivity index (χ2v) is 7.96. The standard InChI is InChI=1S/C21H18ClN3O4S/c1-2-10-25-18(26)12-17(30-21(25)24-16-5-3-4-14(22)11-16)19(27)23-15-8-6-13(7-9-15)20(28)29/h2-9,11,17H,1,10,12H2,(H,23,27)(H,28,29)/t17-/m1/s1. The Morgan fingerprint density at radius 3 is 2.67 bits per heavy atom. The fourth-order valence-electron chi connectivity index (χ4n) is 2.72. The Morgan fingerprint density at radius 2 is 2.03 bits per heavy atom. The molecule has 1 heterocycles. The van der Waals surface area contributed by atoms with E-state index in [9.17, 15) is 14.4 Å². The zero-order chi connectivity index (χ0) is 21.7. The number of carboxylic acid groups (broad SMARTS) is 1. The Labute approximate surface area is 182 Å². The number of nitrogens with one attached hydrogen (secondary N) is 1. The molecule has 30 heavy (non-hydrogen) atoms. The number of anilines is 1. The maximum Gasteiger partial charge on any atom is 0.335 e. The molecule has 2 amide bonds. The Kier molecular flexibility index (Phi) is 6.91. The molecule has 2 N–H and O–H groups in total. The number of carbonyl (C=O) groups excluding carboxylic acids is 2. The van der Waals surface area contributed by atoms with Crippen molar-refractivity contribution in [3.63, 3.8) is 0 Å². The Hall–Kier alpha value is -3.10. The van der Waals surface area contributed by atoms with Crippen molar-refractivity contribution >= 4 is 57.7 Å².